The van der Waals surface area contributed by atoms with Gasteiger partial charge in [-0.3, -0.25) is 4.57 Å². The van der Waals surface area contributed by atoms with Gasteiger partial charge in [-0.25, -0.2) is 9.97 Å². The minimum atomic E-state index is 0.840. The van der Waals surface area contributed by atoms with E-state index >= 15 is 0 Å². The fraction of sp³-hybridized carbons (Fsp3) is 0. The topological polar surface area (TPSA) is 30.7 Å². The summed E-state index contributed by atoms with van der Waals surface area (Å²) in [6.45, 7) is 0. The van der Waals surface area contributed by atoms with E-state index < -0.39 is 0 Å². The molecule has 0 saturated carbocycles. The Bertz CT molecular complexity index is 2470. The van der Waals surface area contributed by atoms with Crippen LogP contribution in [0.3, 0.4) is 0 Å². The summed E-state index contributed by atoms with van der Waals surface area (Å²) in [5.74, 6) is 1.72. The van der Waals surface area contributed by atoms with E-state index in [1.165, 1.54) is 49.0 Å². The van der Waals surface area contributed by atoms with Crippen LogP contribution in [0.4, 0.5) is 0 Å². The quantitative estimate of drug-likeness (QED) is 0.196. The van der Waals surface area contributed by atoms with Crippen LogP contribution in [0.5, 0.6) is 0 Å². The van der Waals surface area contributed by atoms with E-state index in [-0.39, 0.29) is 0 Å². The minimum absolute atomic E-state index is 0.840. The number of benzene rings is 7. The molecule has 0 radical (unpaired) electrons. The third kappa shape index (κ3) is 4.13. The third-order valence-electron chi connectivity index (χ3n) is 8.83. The normalized spacial score (nSPS) is 11.6. The summed E-state index contributed by atoms with van der Waals surface area (Å²) in [5, 5.41) is 7.39. The van der Waals surface area contributed by atoms with Crippen molar-refractivity contribution >= 4 is 43.4 Å². The van der Waals surface area contributed by atoms with Gasteiger partial charge in [0.15, 0.2) is 0 Å². The van der Waals surface area contributed by atoms with E-state index in [9.17, 15) is 0 Å². The van der Waals surface area contributed by atoms with Crippen molar-refractivity contribution in [2.24, 2.45) is 0 Å². The highest BCUT2D eigenvalue weighted by Gasteiger charge is 2.18. The van der Waals surface area contributed by atoms with E-state index in [0.29, 0.717) is 0 Å². The van der Waals surface area contributed by atoms with Crippen molar-refractivity contribution in [1.82, 2.24) is 14.5 Å². The van der Waals surface area contributed by atoms with Crippen molar-refractivity contribution in [1.29, 1.82) is 0 Å². The molecule has 9 rings (SSSR count). The second kappa shape index (κ2) is 10.3. The molecule has 9 aromatic rings. The molecular weight excluding hydrogens is 546 g/mol. The van der Waals surface area contributed by atoms with Crippen molar-refractivity contribution in [2.75, 3.05) is 0 Å². The number of nitrogens with zero attached hydrogens (tertiary/aromatic N) is 3. The molecule has 0 spiro atoms. The second-order valence-corrected chi connectivity index (χ2v) is 11.4. The summed E-state index contributed by atoms with van der Waals surface area (Å²) in [7, 11) is 0. The predicted octanol–water partition coefficient (Wildman–Crippen LogP) is 10.9. The van der Waals surface area contributed by atoms with Gasteiger partial charge in [0.1, 0.15) is 11.6 Å². The average molecular weight is 574 g/mol. The van der Waals surface area contributed by atoms with Gasteiger partial charge in [0, 0.05) is 17.3 Å². The average Bonchev–Trinajstić information content (AvgIpc) is 3.51. The van der Waals surface area contributed by atoms with Crippen LogP contribution >= 0.6 is 0 Å². The summed E-state index contributed by atoms with van der Waals surface area (Å²) in [6, 6.07) is 55.8. The molecule has 0 aliphatic rings. The fourth-order valence-corrected chi connectivity index (χ4v) is 6.80. The first-order valence-electron chi connectivity index (χ1n) is 15.3. The Morgan fingerprint density at radius 2 is 1.00 bits per heavy atom. The maximum absolute atomic E-state index is 5.09. The van der Waals surface area contributed by atoms with Gasteiger partial charge in [-0.1, -0.05) is 127 Å². The van der Waals surface area contributed by atoms with Gasteiger partial charge in [0.25, 0.3) is 0 Å². The molecule has 0 atom stereocenters. The lowest BCUT2D eigenvalue weighted by molar-refractivity contribution is 1.03. The summed E-state index contributed by atoms with van der Waals surface area (Å²) >= 11 is 0. The number of hydrogen-bond acceptors (Lipinski definition) is 2. The number of aromatic nitrogens is 3. The lowest BCUT2D eigenvalue weighted by Gasteiger charge is -2.18. The number of fused-ring (bicyclic) bond motifs is 4. The third-order valence-corrected chi connectivity index (χ3v) is 8.83. The van der Waals surface area contributed by atoms with Crippen molar-refractivity contribution in [3.05, 3.63) is 164 Å². The van der Waals surface area contributed by atoms with Crippen LogP contribution in [-0.4, -0.2) is 14.5 Å². The highest BCUT2D eigenvalue weighted by atomic mass is 15.1. The molecular formula is C42H27N3. The summed E-state index contributed by atoms with van der Waals surface area (Å²) in [4.78, 5) is 10.1. The van der Waals surface area contributed by atoms with E-state index in [1.54, 1.807) is 0 Å². The van der Waals surface area contributed by atoms with Crippen LogP contribution in [-0.2, 0) is 0 Å². The van der Waals surface area contributed by atoms with Gasteiger partial charge in [-0.2, -0.15) is 0 Å². The van der Waals surface area contributed by atoms with Crippen LogP contribution in [0.2, 0.25) is 0 Å². The lowest BCUT2D eigenvalue weighted by atomic mass is 9.86. The summed E-state index contributed by atoms with van der Waals surface area (Å²) in [6.07, 6.45) is 2.02. The molecule has 0 unspecified atom stereocenters. The molecule has 2 heterocycles. The lowest BCUT2D eigenvalue weighted by Crippen LogP contribution is -2.00. The smallest absolute Gasteiger partial charge is 0.146 e. The Balaban J connectivity index is 1.26. The molecule has 3 nitrogen and oxygen atoms in total. The van der Waals surface area contributed by atoms with E-state index in [2.05, 4.69) is 138 Å². The highest BCUT2D eigenvalue weighted by Crippen LogP contribution is 2.44. The van der Waals surface area contributed by atoms with Crippen LogP contribution < -0.4 is 0 Å². The number of pyridine rings is 1. The van der Waals surface area contributed by atoms with Crippen LogP contribution in [0.1, 0.15) is 0 Å². The van der Waals surface area contributed by atoms with Crippen LogP contribution in [0, 0.1) is 0 Å². The van der Waals surface area contributed by atoms with Crippen molar-refractivity contribution in [3.8, 4) is 39.5 Å². The summed E-state index contributed by atoms with van der Waals surface area (Å²) < 4.78 is 2.16. The van der Waals surface area contributed by atoms with E-state index in [4.69, 9.17) is 9.97 Å². The minimum Gasteiger partial charge on any atom is -0.276 e. The number of imidazole rings is 1. The van der Waals surface area contributed by atoms with Gasteiger partial charge < -0.3 is 0 Å². The number of rotatable bonds is 4. The predicted molar refractivity (Wildman–Crippen MR) is 188 cm³/mol. The first-order valence-corrected chi connectivity index (χ1v) is 15.3. The first kappa shape index (κ1) is 25.4. The largest absolute Gasteiger partial charge is 0.276 e. The van der Waals surface area contributed by atoms with Gasteiger partial charge >= 0.3 is 0 Å². The Kier molecular flexibility index (Phi) is 5.82. The van der Waals surface area contributed by atoms with E-state index in [0.717, 1.165) is 33.8 Å². The molecule has 0 amide bonds. The number of para-hydroxylation sites is 2. The highest BCUT2D eigenvalue weighted by molar-refractivity contribution is 6.21. The molecule has 7 aromatic carbocycles. The molecule has 0 aliphatic carbocycles. The SMILES string of the molecule is c1ccc(-c2nc3ccccc3n2-c2ccc(-c3c4ccccc4c(-c4ccc5ccccc5c4)c4ccccc34)cn2)cc1. The van der Waals surface area contributed by atoms with Crippen molar-refractivity contribution in [3.63, 3.8) is 0 Å². The fourth-order valence-electron chi connectivity index (χ4n) is 6.80. The molecule has 0 saturated heterocycles. The molecule has 0 bridgehead atoms. The molecule has 0 aliphatic heterocycles. The Morgan fingerprint density at radius 1 is 0.422 bits per heavy atom. The Hall–Kier alpha value is -6.06. The summed E-state index contributed by atoms with van der Waals surface area (Å²) in [5.41, 5.74) is 7.81. The maximum atomic E-state index is 5.09. The molecule has 0 fully saturated rings. The van der Waals surface area contributed by atoms with Gasteiger partial charge in [0.2, 0.25) is 0 Å². The van der Waals surface area contributed by atoms with Crippen LogP contribution in [0.15, 0.2) is 164 Å². The van der Waals surface area contributed by atoms with Crippen LogP contribution in [0.25, 0.3) is 82.8 Å². The number of hydrogen-bond donors (Lipinski definition) is 0. The molecule has 3 heteroatoms. The second-order valence-electron chi connectivity index (χ2n) is 11.4. The molecule has 210 valence electrons. The molecule has 45 heavy (non-hydrogen) atoms. The van der Waals surface area contributed by atoms with Gasteiger partial charge in [-0.15, -0.1) is 0 Å². The first-order chi connectivity index (χ1) is 22.3. The van der Waals surface area contributed by atoms with Crippen molar-refractivity contribution < 1.29 is 0 Å². The van der Waals surface area contributed by atoms with Gasteiger partial charge in [0.05, 0.1) is 11.0 Å². The monoisotopic (exact) mass is 573 g/mol. The zero-order valence-electron chi connectivity index (χ0n) is 24.4. The zero-order valence-corrected chi connectivity index (χ0v) is 24.4. The van der Waals surface area contributed by atoms with Crippen molar-refractivity contribution in [2.45, 2.75) is 0 Å². The van der Waals surface area contributed by atoms with Gasteiger partial charge in [-0.05, 0) is 79.3 Å². The maximum Gasteiger partial charge on any atom is 0.146 e. The Morgan fingerprint density at radius 3 is 1.69 bits per heavy atom. The Labute approximate surface area is 260 Å². The standard InChI is InChI=1S/C42H27N3/c1-2-13-29(14-3-1)42-44-37-20-10-11-21-38(37)45(42)39-25-24-32(27-43-39)41-35-18-8-6-16-33(35)40(34-17-7-9-19-36(34)41)31-23-22-28-12-4-5-15-30(28)26-31/h1-27H. The molecule has 2 aromatic heterocycles. The zero-order chi connectivity index (χ0) is 29.7. The molecule has 0 N–H and O–H groups in total. The van der Waals surface area contributed by atoms with E-state index in [1.807, 2.05) is 30.5 Å².